The van der Waals surface area contributed by atoms with Gasteiger partial charge in [0.1, 0.15) is 16.8 Å². The first kappa shape index (κ1) is 24.1. The highest BCUT2D eigenvalue weighted by Gasteiger charge is 2.33. The van der Waals surface area contributed by atoms with Crippen LogP contribution in [0.25, 0.3) is 10.4 Å². The second kappa shape index (κ2) is 9.67. The van der Waals surface area contributed by atoms with Crippen LogP contribution in [0, 0.1) is 18.8 Å². The fourth-order valence-corrected chi connectivity index (χ4v) is 5.17. The molecule has 7 nitrogen and oxygen atoms in total. The highest BCUT2D eigenvalue weighted by atomic mass is 32.1. The first-order valence-corrected chi connectivity index (χ1v) is 11.6. The maximum absolute atomic E-state index is 12.9. The van der Waals surface area contributed by atoms with Gasteiger partial charge in [0.25, 0.3) is 0 Å². The minimum absolute atomic E-state index is 0.0161. The summed E-state index contributed by atoms with van der Waals surface area (Å²) in [6.45, 7) is 1.87. The molecule has 4 N–H and O–H groups in total. The zero-order valence-corrected chi connectivity index (χ0v) is 19.2. The maximum atomic E-state index is 12.9. The van der Waals surface area contributed by atoms with E-state index in [0.717, 1.165) is 28.3 Å². The van der Waals surface area contributed by atoms with E-state index >= 15 is 0 Å². The van der Waals surface area contributed by atoms with Gasteiger partial charge in [-0.2, -0.15) is 13.2 Å². The zero-order valence-electron chi connectivity index (χ0n) is 18.3. The van der Waals surface area contributed by atoms with Crippen LogP contribution >= 0.6 is 11.3 Å². The molecule has 11 heteroatoms. The van der Waals surface area contributed by atoms with Crippen molar-refractivity contribution in [2.45, 2.75) is 44.9 Å². The highest BCUT2D eigenvalue weighted by molar-refractivity contribution is 7.15. The smallest absolute Gasteiger partial charge is 0.386 e. The van der Waals surface area contributed by atoms with Crippen LogP contribution in [0.15, 0.2) is 36.7 Å². The zero-order chi connectivity index (χ0) is 24.5. The molecular weight excluding hydrogens is 467 g/mol. The van der Waals surface area contributed by atoms with E-state index in [4.69, 9.17) is 5.73 Å². The van der Waals surface area contributed by atoms with E-state index in [2.05, 4.69) is 20.3 Å². The van der Waals surface area contributed by atoms with Gasteiger partial charge in [0, 0.05) is 24.0 Å². The number of aliphatic hydroxyl groups is 1. The van der Waals surface area contributed by atoms with E-state index in [9.17, 15) is 23.1 Å². The molecule has 0 radical (unpaired) electrons. The van der Waals surface area contributed by atoms with E-state index in [1.165, 1.54) is 11.3 Å². The average molecular weight is 492 g/mol. The number of rotatable bonds is 6. The van der Waals surface area contributed by atoms with Gasteiger partial charge in [0.05, 0.1) is 4.88 Å². The number of hydrogen-bond acceptors (Lipinski definition) is 7. The predicted octanol–water partition coefficient (Wildman–Crippen LogP) is 5.00. The van der Waals surface area contributed by atoms with Gasteiger partial charge in [-0.15, -0.1) is 11.3 Å². The van der Waals surface area contributed by atoms with Gasteiger partial charge in [-0.25, -0.2) is 15.0 Å². The van der Waals surface area contributed by atoms with Crippen molar-refractivity contribution in [3.8, 4) is 10.4 Å². The monoisotopic (exact) mass is 491 g/mol. The molecule has 2 heterocycles. The number of aryl methyl sites for hydroxylation is 1. The van der Waals surface area contributed by atoms with Crippen LogP contribution in [0.2, 0.25) is 0 Å². The Labute approximate surface area is 198 Å². The Balaban J connectivity index is 1.50. The normalized spacial score (nSPS) is 19.6. The molecule has 1 fully saturated rings. The van der Waals surface area contributed by atoms with Crippen LogP contribution in [-0.4, -0.2) is 26.0 Å². The number of primary amides is 1. The van der Waals surface area contributed by atoms with Crippen LogP contribution in [0.3, 0.4) is 0 Å². The Kier molecular flexibility index (Phi) is 6.85. The van der Waals surface area contributed by atoms with Gasteiger partial charge in [-0.3, -0.25) is 4.79 Å². The lowest BCUT2D eigenvalue weighted by atomic mass is 9.79. The summed E-state index contributed by atoms with van der Waals surface area (Å²) in [6, 6.07) is 6.30. The molecule has 1 aliphatic carbocycles. The Morgan fingerprint density at radius 1 is 1.21 bits per heavy atom. The molecule has 2 aromatic heterocycles. The van der Waals surface area contributed by atoms with Gasteiger partial charge in [0.15, 0.2) is 0 Å². The summed E-state index contributed by atoms with van der Waals surface area (Å²) in [5.74, 6) is -0.557. The number of nitrogens with two attached hydrogens (primary N) is 1. The number of carbonyl (C=O) groups is 1. The first-order chi connectivity index (χ1) is 16.1. The van der Waals surface area contributed by atoms with Crippen molar-refractivity contribution in [1.29, 1.82) is 0 Å². The standard InChI is InChI=1S/C23H24F3N5O2S/c1-12-8-15(10-16(9-12)30-22-28-7-6-18(31-22)23(24,25)26)17-11-29-21(34-17)19(32)13-2-4-14(5-3-13)20(27)33/h6-11,13-14,19,32H,2-5H2,1H3,(H2,27,33)(H,28,30,31)/t13-,14-,19?. The molecular formula is C23H24F3N5O2S. The molecule has 1 aliphatic rings. The molecule has 4 rings (SSSR count). The molecule has 0 aliphatic heterocycles. The maximum Gasteiger partial charge on any atom is 0.433 e. The van der Waals surface area contributed by atoms with E-state index in [0.29, 0.717) is 36.4 Å². The highest BCUT2D eigenvalue weighted by Crippen LogP contribution is 2.40. The Bertz CT molecular complexity index is 1180. The molecule has 1 amide bonds. The number of benzene rings is 1. The fraction of sp³-hybridized carbons (Fsp3) is 0.391. The van der Waals surface area contributed by atoms with E-state index in [1.54, 1.807) is 18.3 Å². The lowest BCUT2D eigenvalue weighted by Crippen LogP contribution is -2.29. The average Bonchev–Trinajstić information content (AvgIpc) is 3.28. The summed E-state index contributed by atoms with van der Waals surface area (Å²) in [5, 5.41) is 14.3. The molecule has 1 unspecified atom stereocenters. The number of nitrogens with zero attached hydrogens (tertiary/aromatic N) is 3. The third-order valence-corrected chi connectivity index (χ3v) is 7.08. The Hall–Kier alpha value is -3.05. The SMILES string of the molecule is Cc1cc(Nc2nccc(C(F)(F)F)n2)cc(-c2cnc(C(O)[C@H]3CC[C@H](C(N)=O)CC3)s2)c1. The van der Waals surface area contributed by atoms with Crippen LogP contribution in [0.5, 0.6) is 0 Å². The van der Waals surface area contributed by atoms with Crippen molar-refractivity contribution < 1.29 is 23.1 Å². The molecule has 34 heavy (non-hydrogen) atoms. The summed E-state index contributed by atoms with van der Waals surface area (Å²) < 4.78 is 38.8. The molecule has 1 aromatic carbocycles. The Morgan fingerprint density at radius 3 is 2.62 bits per heavy atom. The van der Waals surface area contributed by atoms with E-state index in [1.807, 2.05) is 13.0 Å². The number of nitrogens with one attached hydrogen (secondary N) is 1. The first-order valence-electron chi connectivity index (χ1n) is 10.8. The topological polar surface area (TPSA) is 114 Å². The van der Waals surface area contributed by atoms with Gasteiger partial charge in [-0.1, -0.05) is 6.07 Å². The summed E-state index contributed by atoms with van der Waals surface area (Å²) in [5.41, 5.74) is 6.59. The lowest BCUT2D eigenvalue weighted by Gasteiger charge is -2.29. The summed E-state index contributed by atoms with van der Waals surface area (Å²) in [7, 11) is 0. The van der Waals surface area contributed by atoms with Crippen molar-refractivity contribution >= 4 is 28.9 Å². The fourth-order valence-electron chi connectivity index (χ4n) is 4.18. The number of hydrogen-bond donors (Lipinski definition) is 3. The minimum Gasteiger partial charge on any atom is -0.386 e. The summed E-state index contributed by atoms with van der Waals surface area (Å²) in [6.07, 6.45) is 0.197. The van der Waals surface area contributed by atoms with Crippen molar-refractivity contribution in [2.24, 2.45) is 17.6 Å². The van der Waals surface area contributed by atoms with Crippen molar-refractivity contribution in [2.75, 3.05) is 5.32 Å². The van der Waals surface area contributed by atoms with Gasteiger partial charge in [0.2, 0.25) is 11.9 Å². The number of alkyl halides is 3. The van der Waals surface area contributed by atoms with Gasteiger partial charge in [-0.05, 0) is 67.9 Å². The number of aliphatic hydroxyl groups excluding tert-OH is 1. The molecule has 1 saturated carbocycles. The molecule has 0 spiro atoms. The quantitative estimate of drug-likeness (QED) is 0.447. The Morgan fingerprint density at radius 2 is 1.94 bits per heavy atom. The van der Waals surface area contributed by atoms with Gasteiger partial charge >= 0.3 is 6.18 Å². The second-order valence-corrected chi connectivity index (χ2v) is 9.56. The number of aromatic nitrogens is 3. The third kappa shape index (κ3) is 5.53. The van der Waals surface area contributed by atoms with Crippen LogP contribution in [0.4, 0.5) is 24.8 Å². The molecule has 3 aromatic rings. The lowest BCUT2D eigenvalue weighted by molar-refractivity contribution is -0.141. The van der Waals surface area contributed by atoms with Crippen LogP contribution in [0.1, 0.15) is 48.1 Å². The minimum atomic E-state index is -4.56. The third-order valence-electron chi connectivity index (χ3n) is 5.96. The number of thiazole rings is 1. The van der Waals surface area contributed by atoms with Crippen LogP contribution < -0.4 is 11.1 Å². The van der Waals surface area contributed by atoms with E-state index in [-0.39, 0.29) is 23.7 Å². The van der Waals surface area contributed by atoms with Crippen LogP contribution in [-0.2, 0) is 11.0 Å². The summed E-state index contributed by atoms with van der Waals surface area (Å²) >= 11 is 1.36. The largest absolute Gasteiger partial charge is 0.433 e. The summed E-state index contributed by atoms with van der Waals surface area (Å²) in [4.78, 5) is 24.0. The molecule has 180 valence electrons. The predicted molar refractivity (Wildman–Crippen MR) is 122 cm³/mol. The number of anilines is 2. The number of carbonyl (C=O) groups excluding carboxylic acids is 1. The number of amides is 1. The van der Waals surface area contributed by atoms with Crippen molar-refractivity contribution in [3.05, 3.63) is 52.9 Å². The number of halogens is 3. The molecule has 0 bridgehead atoms. The second-order valence-electron chi connectivity index (χ2n) is 8.50. The van der Waals surface area contributed by atoms with Gasteiger partial charge < -0.3 is 16.2 Å². The van der Waals surface area contributed by atoms with Crippen molar-refractivity contribution in [1.82, 2.24) is 15.0 Å². The van der Waals surface area contributed by atoms with E-state index < -0.39 is 18.0 Å². The molecule has 0 saturated heterocycles. The molecule has 1 atom stereocenters. The van der Waals surface area contributed by atoms with Crippen molar-refractivity contribution in [3.63, 3.8) is 0 Å².